The molecule has 0 bridgehead atoms. The highest BCUT2D eigenvalue weighted by atomic mass is 79.9. The maximum atomic E-state index is 4.04. The Labute approximate surface area is 91.6 Å². The molecule has 2 unspecified atom stereocenters. The van der Waals surface area contributed by atoms with E-state index in [2.05, 4.69) is 43.3 Å². The van der Waals surface area contributed by atoms with Gasteiger partial charge in [0.25, 0.3) is 0 Å². The third-order valence-electron chi connectivity index (χ3n) is 2.90. The van der Waals surface area contributed by atoms with E-state index in [4.69, 9.17) is 0 Å². The number of hydrogen-bond acceptors (Lipinski definition) is 4. The van der Waals surface area contributed by atoms with Crippen molar-refractivity contribution >= 4 is 21.9 Å². The molecule has 1 aromatic rings. The van der Waals surface area contributed by atoms with Gasteiger partial charge in [0, 0.05) is 25.0 Å². The van der Waals surface area contributed by atoms with Crippen molar-refractivity contribution in [2.75, 3.05) is 16.8 Å². The second-order valence-electron chi connectivity index (χ2n) is 3.78. The van der Waals surface area contributed by atoms with Gasteiger partial charge in [0.05, 0.1) is 0 Å². The fourth-order valence-electron chi connectivity index (χ4n) is 1.96. The highest BCUT2D eigenvalue weighted by Gasteiger charge is 2.32. The summed E-state index contributed by atoms with van der Waals surface area (Å²) in [7, 11) is 1.88. The molecule has 0 amide bonds. The number of anilines is 1. The molecule has 5 nitrogen and oxygen atoms in total. The summed E-state index contributed by atoms with van der Waals surface area (Å²) in [6, 6.07) is 0.514. The summed E-state index contributed by atoms with van der Waals surface area (Å²) in [6.07, 6.45) is 1.21. The molecule has 0 aromatic carbocycles. The van der Waals surface area contributed by atoms with E-state index in [9.17, 15) is 0 Å². The molecule has 1 aliphatic rings. The van der Waals surface area contributed by atoms with Crippen molar-refractivity contribution in [1.29, 1.82) is 0 Å². The minimum Gasteiger partial charge on any atom is -0.336 e. The summed E-state index contributed by atoms with van der Waals surface area (Å²) in [5.74, 6) is 1.57. The van der Waals surface area contributed by atoms with Crippen LogP contribution in [0.5, 0.6) is 0 Å². The second-order valence-corrected chi connectivity index (χ2v) is 4.43. The lowest BCUT2D eigenvalue weighted by Gasteiger charge is -2.24. The van der Waals surface area contributed by atoms with E-state index < -0.39 is 0 Å². The first-order valence-corrected chi connectivity index (χ1v) is 5.91. The quantitative estimate of drug-likeness (QED) is 0.738. The zero-order valence-corrected chi connectivity index (χ0v) is 9.98. The minimum atomic E-state index is 0.514. The molecule has 0 N–H and O–H groups in total. The van der Waals surface area contributed by atoms with Crippen LogP contribution in [0.2, 0.25) is 0 Å². The third kappa shape index (κ3) is 1.51. The van der Waals surface area contributed by atoms with Crippen LogP contribution in [0.3, 0.4) is 0 Å². The van der Waals surface area contributed by atoms with Gasteiger partial charge in [-0.05, 0) is 22.8 Å². The Morgan fingerprint density at radius 1 is 1.57 bits per heavy atom. The average molecular weight is 260 g/mol. The van der Waals surface area contributed by atoms with Crippen LogP contribution in [0.15, 0.2) is 0 Å². The van der Waals surface area contributed by atoms with Crippen LogP contribution in [-0.2, 0) is 7.05 Å². The predicted molar refractivity (Wildman–Crippen MR) is 57.5 cm³/mol. The van der Waals surface area contributed by atoms with E-state index in [-0.39, 0.29) is 0 Å². The topological polar surface area (TPSA) is 46.8 Å². The molecule has 0 saturated carbocycles. The van der Waals surface area contributed by atoms with Gasteiger partial charge in [0.15, 0.2) is 0 Å². The molecular weight excluding hydrogens is 246 g/mol. The standard InChI is InChI=1S/C8H14BrN5/c1-6-3-4-14(7(6)5-9)8-10-11-12-13(8)2/h6-7H,3-5H2,1-2H3. The number of tetrazole rings is 1. The molecule has 0 radical (unpaired) electrons. The molecule has 1 fully saturated rings. The van der Waals surface area contributed by atoms with E-state index in [1.54, 1.807) is 4.68 Å². The number of halogens is 1. The van der Waals surface area contributed by atoms with Crippen LogP contribution < -0.4 is 4.90 Å². The predicted octanol–water partition coefficient (Wildman–Crippen LogP) is 0.820. The lowest BCUT2D eigenvalue weighted by atomic mass is 10.1. The zero-order chi connectivity index (χ0) is 10.1. The van der Waals surface area contributed by atoms with E-state index in [1.165, 1.54) is 6.42 Å². The SMILES string of the molecule is CC1CCN(c2nnnn2C)C1CBr. The van der Waals surface area contributed by atoms with Crippen molar-refractivity contribution in [3.8, 4) is 0 Å². The third-order valence-corrected chi connectivity index (χ3v) is 3.56. The molecule has 0 spiro atoms. The lowest BCUT2D eigenvalue weighted by Crippen LogP contribution is -2.35. The van der Waals surface area contributed by atoms with Gasteiger partial charge in [0.1, 0.15) is 0 Å². The summed E-state index contributed by atoms with van der Waals surface area (Å²) >= 11 is 3.55. The molecule has 2 heterocycles. The summed E-state index contributed by atoms with van der Waals surface area (Å²) in [6.45, 7) is 3.32. The number of aromatic nitrogens is 4. The van der Waals surface area contributed by atoms with Crippen molar-refractivity contribution in [1.82, 2.24) is 20.2 Å². The Bertz CT molecular complexity index is 312. The molecule has 1 aromatic heterocycles. The van der Waals surface area contributed by atoms with Crippen molar-refractivity contribution in [2.45, 2.75) is 19.4 Å². The highest BCUT2D eigenvalue weighted by Crippen LogP contribution is 2.28. The highest BCUT2D eigenvalue weighted by molar-refractivity contribution is 9.09. The van der Waals surface area contributed by atoms with Gasteiger partial charge in [-0.15, -0.1) is 0 Å². The van der Waals surface area contributed by atoms with Gasteiger partial charge in [0.2, 0.25) is 5.95 Å². The number of rotatable bonds is 2. The van der Waals surface area contributed by atoms with Crippen LogP contribution in [0, 0.1) is 5.92 Å². The number of nitrogens with zero attached hydrogens (tertiary/aromatic N) is 5. The summed E-state index contributed by atoms with van der Waals surface area (Å²) in [5, 5.41) is 12.5. The van der Waals surface area contributed by atoms with Crippen molar-refractivity contribution in [2.24, 2.45) is 13.0 Å². The minimum absolute atomic E-state index is 0.514. The number of aryl methyl sites for hydroxylation is 1. The molecule has 0 aliphatic carbocycles. The largest absolute Gasteiger partial charge is 0.336 e. The Balaban J connectivity index is 2.23. The van der Waals surface area contributed by atoms with Crippen molar-refractivity contribution in [3.63, 3.8) is 0 Å². The molecule has 78 valence electrons. The van der Waals surface area contributed by atoms with Crippen LogP contribution in [0.25, 0.3) is 0 Å². The number of alkyl halides is 1. The van der Waals surface area contributed by atoms with E-state index >= 15 is 0 Å². The fraction of sp³-hybridized carbons (Fsp3) is 0.875. The van der Waals surface area contributed by atoms with E-state index in [0.29, 0.717) is 12.0 Å². The van der Waals surface area contributed by atoms with Gasteiger partial charge in [-0.1, -0.05) is 28.0 Å². The first-order valence-electron chi connectivity index (χ1n) is 4.79. The van der Waals surface area contributed by atoms with E-state index in [0.717, 1.165) is 17.8 Å². The number of hydrogen-bond donors (Lipinski definition) is 0. The Morgan fingerprint density at radius 3 is 2.93 bits per heavy atom. The van der Waals surface area contributed by atoms with Gasteiger partial charge in [-0.3, -0.25) is 0 Å². The molecule has 6 heteroatoms. The van der Waals surface area contributed by atoms with Crippen molar-refractivity contribution in [3.05, 3.63) is 0 Å². The maximum Gasteiger partial charge on any atom is 0.245 e. The Hall–Kier alpha value is -0.650. The first kappa shape index (κ1) is 9.89. The zero-order valence-electron chi connectivity index (χ0n) is 8.39. The van der Waals surface area contributed by atoms with Gasteiger partial charge < -0.3 is 4.90 Å². The molecule has 1 aliphatic heterocycles. The van der Waals surface area contributed by atoms with Gasteiger partial charge >= 0.3 is 0 Å². The Morgan fingerprint density at radius 2 is 2.36 bits per heavy atom. The first-order chi connectivity index (χ1) is 6.74. The fourth-order valence-corrected chi connectivity index (χ4v) is 2.95. The van der Waals surface area contributed by atoms with Gasteiger partial charge in [-0.25, -0.2) is 4.68 Å². The summed E-state index contributed by atoms with van der Waals surface area (Å²) in [4.78, 5) is 2.28. The molecule has 1 saturated heterocycles. The lowest BCUT2D eigenvalue weighted by molar-refractivity contribution is 0.546. The molecule has 14 heavy (non-hydrogen) atoms. The smallest absolute Gasteiger partial charge is 0.245 e. The Kier molecular flexibility index (Phi) is 2.71. The molecule has 2 rings (SSSR count). The summed E-state index contributed by atoms with van der Waals surface area (Å²) < 4.78 is 1.73. The van der Waals surface area contributed by atoms with Crippen LogP contribution >= 0.6 is 15.9 Å². The second kappa shape index (κ2) is 3.84. The normalized spacial score (nSPS) is 27.2. The summed E-state index contributed by atoms with van der Waals surface area (Å²) in [5.41, 5.74) is 0. The van der Waals surface area contributed by atoms with Gasteiger partial charge in [-0.2, -0.15) is 0 Å². The average Bonchev–Trinajstić information content (AvgIpc) is 2.71. The van der Waals surface area contributed by atoms with Crippen LogP contribution in [-0.4, -0.2) is 38.1 Å². The monoisotopic (exact) mass is 259 g/mol. The molecule has 2 atom stereocenters. The maximum absolute atomic E-state index is 4.04. The van der Waals surface area contributed by atoms with Crippen LogP contribution in [0.1, 0.15) is 13.3 Å². The van der Waals surface area contributed by atoms with Crippen molar-refractivity contribution < 1.29 is 0 Å². The molecular formula is C8H14BrN5. The van der Waals surface area contributed by atoms with E-state index in [1.807, 2.05) is 7.05 Å². The van der Waals surface area contributed by atoms with Crippen LogP contribution in [0.4, 0.5) is 5.95 Å².